The summed E-state index contributed by atoms with van der Waals surface area (Å²) in [7, 11) is 0. The third kappa shape index (κ3) is 4.40. The van der Waals surface area contributed by atoms with E-state index in [9.17, 15) is 0 Å². The lowest BCUT2D eigenvalue weighted by atomic mass is 10.1. The summed E-state index contributed by atoms with van der Waals surface area (Å²) in [4.78, 5) is 2.51. The van der Waals surface area contributed by atoms with Gasteiger partial charge in [-0.15, -0.1) is 0 Å². The zero-order valence-electron chi connectivity index (χ0n) is 9.34. The number of rotatable bonds is 7. The molecule has 1 unspecified atom stereocenters. The predicted molar refractivity (Wildman–Crippen MR) is 59.4 cm³/mol. The number of hydrogen-bond acceptors (Lipinski definition) is 3. The number of likely N-dealkylation sites (tertiary alicyclic amines) is 1. The molecule has 0 aliphatic carbocycles. The van der Waals surface area contributed by atoms with Crippen LogP contribution in [0.25, 0.3) is 0 Å². The second-order valence-corrected chi connectivity index (χ2v) is 4.18. The Hall–Kier alpha value is -0.120. The molecule has 1 heterocycles. The van der Waals surface area contributed by atoms with Crippen molar-refractivity contribution in [3.8, 4) is 0 Å². The lowest BCUT2D eigenvalue weighted by Crippen LogP contribution is -2.27. The van der Waals surface area contributed by atoms with E-state index in [1.54, 1.807) is 0 Å². The van der Waals surface area contributed by atoms with Gasteiger partial charge in [-0.05, 0) is 51.4 Å². The molecule has 1 fully saturated rings. The molecule has 3 heteroatoms. The fraction of sp³-hybridized carbons (Fsp3) is 1.00. The minimum absolute atomic E-state index is 0.328. The van der Waals surface area contributed by atoms with Crippen LogP contribution >= 0.6 is 0 Å². The number of nitrogens with one attached hydrogen (secondary N) is 1. The van der Waals surface area contributed by atoms with Gasteiger partial charge in [-0.3, -0.25) is 0 Å². The summed E-state index contributed by atoms with van der Waals surface area (Å²) >= 11 is 0. The molecule has 2 N–H and O–H groups in total. The topological polar surface area (TPSA) is 35.5 Å². The monoisotopic (exact) mass is 200 g/mol. The van der Waals surface area contributed by atoms with E-state index < -0.39 is 0 Å². The minimum Gasteiger partial charge on any atom is -0.396 e. The van der Waals surface area contributed by atoms with Crippen molar-refractivity contribution < 1.29 is 5.11 Å². The summed E-state index contributed by atoms with van der Waals surface area (Å²) in [6.07, 6.45) is 3.38. The molecule has 0 aromatic heterocycles. The van der Waals surface area contributed by atoms with Crippen LogP contribution in [0.5, 0.6) is 0 Å². The second kappa shape index (κ2) is 7.21. The molecule has 0 spiro atoms. The molecule has 1 saturated heterocycles. The van der Waals surface area contributed by atoms with Gasteiger partial charge in [0.05, 0.1) is 0 Å². The molecule has 0 aromatic rings. The highest BCUT2D eigenvalue weighted by molar-refractivity contribution is 4.76. The van der Waals surface area contributed by atoms with Gasteiger partial charge in [0.25, 0.3) is 0 Å². The Bertz CT molecular complexity index is 141. The lowest BCUT2D eigenvalue weighted by molar-refractivity contribution is 0.283. The Morgan fingerprint density at radius 3 is 2.93 bits per heavy atom. The third-order valence-corrected chi connectivity index (χ3v) is 3.01. The molecule has 1 rings (SSSR count). The van der Waals surface area contributed by atoms with Crippen molar-refractivity contribution in [3.63, 3.8) is 0 Å². The van der Waals surface area contributed by atoms with Crippen LogP contribution in [0.2, 0.25) is 0 Å². The van der Waals surface area contributed by atoms with Crippen molar-refractivity contribution in [3.05, 3.63) is 0 Å². The minimum atomic E-state index is 0.328. The number of aliphatic hydroxyl groups is 1. The van der Waals surface area contributed by atoms with E-state index in [1.807, 2.05) is 0 Å². The van der Waals surface area contributed by atoms with E-state index in [0.717, 1.165) is 31.8 Å². The van der Waals surface area contributed by atoms with Crippen LogP contribution in [0.4, 0.5) is 0 Å². The van der Waals surface area contributed by atoms with Crippen LogP contribution in [-0.2, 0) is 0 Å². The Morgan fingerprint density at radius 2 is 2.29 bits per heavy atom. The van der Waals surface area contributed by atoms with Gasteiger partial charge in [-0.2, -0.15) is 0 Å². The molecule has 0 radical (unpaired) electrons. The molecule has 3 nitrogen and oxygen atoms in total. The SMILES string of the molecule is CCN1CCC(CNCCCCO)C1. The van der Waals surface area contributed by atoms with Gasteiger partial charge in [0.1, 0.15) is 0 Å². The van der Waals surface area contributed by atoms with Gasteiger partial charge in [-0.25, -0.2) is 0 Å². The van der Waals surface area contributed by atoms with Gasteiger partial charge in [-0.1, -0.05) is 6.92 Å². The summed E-state index contributed by atoms with van der Waals surface area (Å²) in [5.74, 6) is 0.851. The van der Waals surface area contributed by atoms with Crippen LogP contribution in [0.3, 0.4) is 0 Å². The van der Waals surface area contributed by atoms with Crippen molar-refractivity contribution in [1.29, 1.82) is 0 Å². The lowest BCUT2D eigenvalue weighted by Gasteiger charge is -2.13. The Kier molecular flexibility index (Phi) is 6.15. The van der Waals surface area contributed by atoms with E-state index in [-0.39, 0.29) is 0 Å². The summed E-state index contributed by atoms with van der Waals surface area (Å²) in [5, 5.41) is 12.1. The fourth-order valence-corrected chi connectivity index (χ4v) is 2.03. The molecule has 1 aliphatic rings. The van der Waals surface area contributed by atoms with Gasteiger partial charge >= 0.3 is 0 Å². The standard InChI is InChI=1S/C11H24N2O/c1-2-13-7-5-11(10-13)9-12-6-3-4-8-14/h11-12,14H,2-10H2,1H3. The number of hydrogen-bond donors (Lipinski definition) is 2. The summed E-state index contributed by atoms with van der Waals surface area (Å²) in [6.45, 7) is 8.51. The number of unbranched alkanes of at least 4 members (excludes halogenated alkanes) is 1. The van der Waals surface area contributed by atoms with Crippen molar-refractivity contribution >= 4 is 0 Å². The molecule has 1 aliphatic heterocycles. The van der Waals surface area contributed by atoms with Gasteiger partial charge in [0.2, 0.25) is 0 Å². The van der Waals surface area contributed by atoms with E-state index in [2.05, 4.69) is 17.1 Å². The highest BCUT2D eigenvalue weighted by Crippen LogP contribution is 2.14. The van der Waals surface area contributed by atoms with Crippen molar-refractivity contribution in [2.24, 2.45) is 5.92 Å². The highest BCUT2D eigenvalue weighted by Gasteiger charge is 2.19. The first-order valence-electron chi connectivity index (χ1n) is 5.90. The molecular weight excluding hydrogens is 176 g/mol. The molecule has 0 amide bonds. The van der Waals surface area contributed by atoms with Crippen molar-refractivity contribution in [1.82, 2.24) is 10.2 Å². The summed E-state index contributed by atoms with van der Waals surface area (Å²) in [5.41, 5.74) is 0. The van der Waals surface area contributed by atoms with Crippen LogP contribution in [0.15, 0.2) is 0 Å². The predicted octanol–water partition coefficient (Wildman–Crippen LogP) is 0.690. The molecule has 84 valence electrons. The maximum absolute atomic E-state index is 8.61. The summed E-state index contributed by atoms with van der Waals surface area (Å²) in [6, 6.07) is 0. The normalized spacial score (nSPS) is 23.1. The average molecular weight is 200 g/mol. The van der Waals surface area contributed by atoms with Crippen LogP contribution < -0.4 is 5.32 Å². The van der Waals surface area contributed by atoms with Crippen LogP contribution in [-0.4, -0.2) is 49.3 Å². The van der Waals surface area contributed by atoms with E-state index in [0.29, 0.717) is 6.61 Å². The van der Waals surface area contributed by atoms with Crippen molar-refractivity contribution in [2.75, 3.05) is 39.3 Å². The van der Waals surface area contributed by atoms with Gasteiger partial charge in [0, 0.05) is 13.2 Å². The van der Waals surface area contributed by atoms with Crippen LogP contribution in [0.1, 0.15) is 26.2 Å². The molecule has 0 aromatic carbocycles. The zero-order valence-corrected chi connectivity index (χ0v) is 9.34. The largest absolute Gasteiger partial charge is 0.396 e. The highest BCUT2D eigenvalue weighted by atomic mass is 16.2. The first-order valence-corrected chi connectivity index (χ1v) is 5.90. The van der Waals surface area contributed by atoms with E-state index in [1.165, 1.54) is 26.1 Å². The van der Waals surface area contributed by atoms with Gasteiger partial charge in [0.15, 0.2) is 0 Å². The molecule has 1 atom stereocenters. The first-order chi connectivity index (χ1) is 6.86. The van der Waals surface area contributed by atoms with Gasteiger partial charge < -0.3 is 15.3 Å². The fourth-order valence-electron chi connectivity index (χ4n) is 2.03. The quantitative estimate of drug-likeness (QED) is 0.594. The van der Waals surface area contributed by atoms with E-state index >= 15 is 0 Å². The average Bonchev–Trinajstić information content (AvgIpc) is 2.65. The molecule has 0 saturated carbocycles. The summed E-state index contributed by atoms with van der Waals surface area (Å²) < 4.78 is 0. The first kappa shape index (κ1) is 12.0. The maximum atomic E-state index is 8.61. The number of nitrogens with zero attached hydrogens (tertiary/aromatic N) is 1. The maximum Gasteiger partial charge on any atom is 0.0431 e. The third-order valence-electron chi connectivity index (χ3n) is 3.01. The van der Waals surface area contributed by atoms with Crippen LogP contribution in [0, 0.1) is 5.92 Å². The molecule has 14 heavy (non-hydrogen) atoms. The van der Waals surface area contributed by atoms with Crippen molar-refractivity contribution in [2.45, 2.75) is 26.2 Å². The van der Waals surface area contributed by atoms with E-state index in [4.69, 9.17) is 5.11 Å². The molecular formula is C11H24N2O. The Morgan fingerprint density at radius 1 is 1.43 bits per heavy atom. The second-order valence-electron chi connectivity index (χ2n) is 4.18. The zero-order chi connectivity index (χ0) is 10.2. The Labute approximate surface area is 87.5 Å². The molecule has 0 bridgehead atoms. The number of aliphatic hydroxyl groups excluding tert-OH is 1. The Balaban J connectivity index is 1.92. The smallest absolute Gasteiger partial charge is 0.0431 e.